The van der Waals surface area contributed by atoms with Crippen LogP contribution in [0.4, 0.5) is 0 Å². The quantitative estimate of drug-likeness (QED) is 0.598. The lowest BCUT2D eigenvalue weighted by Gasteiger charge is -2.25. The summed E-state index contributed by atoms with van der Waals surface area (Å²) in [6, 6.07) is 0.581. The largest absolute Gasteiger partial charge is 0.355 e. The lowest BCUT2D eigenvalue weighted by atomic mass is 9.96. The number of rotatable bonds is 7. The third-order valence-electron chi connectivity index (χ3n) is 4.10. The zero-order valence-corrected chi connectivity index (χ0v) is 14.0. The standard InChI is InChI=1S/C16H30N6/c1-3-10-17-16(20-14-8-6-5-7-9-14)18-11-12-22-13-19-21-15(22)4-2/h13-14H,3-12H2,1-2H3,(H2,17,18,20). The Morgan fingerprint density at radius 2 is 2.14 bits per heavy atom. The van der Waals surface area contributed by atoms with Gasteiger partial charge in [0.05, 0.1) is 0 Å². The number of hydrogen-bond donors (Lipinski definition) is 2. The molecule has 0 spiro atoms. The Bertz CT molecular complexity index is 447. The number of hydrogen-bond acceptors (Lipinski definition) is 3. The zero-order chi connectivity index (χ0) is 15.6. The van der Waals surface area contributed by atoms with E-state index in [1.807, 2.05) is 0 Å². The second kappa shape index (κ2) is 9.43. The van der Waals surface area contributed by atoms with E-state index in [1.54, 1.807) is 6.33 Å². The minimum Gasteiger partial charge on any atom is -0.355 e. The molecule has 1 aromatic rings. The summed E-state index contributed by atoms with van der Waals surface area (Å²) >= 11 is 0. The third kappa shape index (κ3) is 5.31. The molecule has 2 rings (SSSR count). The van der Waals surface area contributed by atoms with Gasteiger partial charge in [-0.05, 0) is 19.3 Å². The topological polar surface area (TPSA) is 67.1 Å². The number of nitrogens with zero attached hydrogens (tertiary/aromatic N) is 4. The Hall–Kier alpha value is -1.59. The fourth-order valence-electron chi connectivity index (χ4n) is 2.85. The molecule has 1 aromatic heterocycles. The molecule has 22 heavy (non-hydrogen) atoms. The van der Waals surface area contributed by atoms with E-state index >= 15 is 0 Å². The molecule has 0 radical (unpaired) electrons. The molecular weight excluding hydrogens is 276 g/mol. The van der Waals surface area contributed by atoms with Crippen LogP contribution in [-0.2, 0) is 13.0 Å². The second-order valence-electron chi connectivity index (χ2n) is 5.93. The van der Waals surface area contributed by atoms with E-state index < -0.39 is 0 Å². The molecule has 1 saturated carbocycles. The minimum absolute atomic E-state index is 0.581. The minimum atomic E-state index is 0.581. The molecule has 0 saturated heterocycles. The maximum Gasteiger partial charge on any atom is 0.191 e. The Morgan fingerprint density at radius 1 is 1.32 bits per heavy atom. The highest BCUT2D eigenvalue weighted by Crippen LogP contribution is 2.17. The molecule has 0 atom stereocenters. The summed E-state index contributed by atoms with van der Waals surface area (Å²) in [6.45, 7) is 6.84. The van der Waals surface area contributed by atoms with E-state index in [-0.39, 0.29) is 0 Å². The van der Waals surface area contributed by atoms with Crippen molar-refractivity contribution in [2.24, 2.45) is 4.99 Å². The maximum absolute atomic E-state index is 4.65. The van der Waals surface area contributed by atoms with E-state index in [4.69, 9.17) is 0 Å². The summed E-state index contributed by atoms with van der Waals surface area (Å²) in [5.74, 6) is 1.99. The van der Waals surface area contributed by atoms with Crippen molar-refractivity contribution < 1.29 is 0 Å². The van der Waals surface area contributed by atoms with Gasteiger partial charge in [-0.15, -0.1) is 10.2 Å². The predicted octanol–water partition coefficient (Wildman–Crippen LogP) is 2.12. The highest BCUT2D eigenvalue weighted by Gasteiger charge is 2.14. The van der Waals surface area contributed by atoms with Crippen molar-refractivity contribution in [3.63, 3.8) is 0 Å². The van der Waals surface area contributed by atoms with Crippen molar-refractivity contribution in [3.8, 4) is 0 Å². The SMILES string of the molecule is CCCN=C(NCCn1cnnc1CC)NC1CCCCC1. The summed E-state index contributed by atoms with van der Waals surface area (Å²) in [5.41, 5.74) is 0. The Labute approximate surface area is 133 Å². The van der Waals surface area contributed by atoms with Gasteiger partial charge in [-0.2, -0.15) is 0 Å². The first kappa shape index (κ1) is 16.8. The fourth-order valence-corrected chi connectivity index (χ4v) is 2.85. The molecule has 1 aliphatic rings. The van der Waals surface area contributed by atoms with E-state index in [0.29, 0.717) is 6.04 Å². The summed E-state index contributed by atoms with van der Waals surface area (Å²) in [4.78, 5) is 4.65. The molecule has 0 bridgehead atoms. The monoisotopic (exact) mass is 306 g/mol. The molecule has 0 unspecified atom stereocenters. The van der Waals surface area contributed by atoms with Crippen LogP contribution in [0.15, 0.2) is 11.3 Å². The van der Waals surface area contributed by atoms with Crippen LogP contribution < -0.4 is 10.6 Å². The van der Waals surface area contributed by atoms with Gasteiger partial charge in [0.15, 0.2) is 5.96 Å². The van der Waals surface area contributed by atoms with Gasteiger partial charge < -0.3 is 15.2 Å². The van der Waals surface area contributed by atoms with Gasteiger partial charge in [0.1, 0.15) is 12.2 Å². The van der Waals surface area contributed by atoms with Crippen LogP contribution in [-0.4, -0.2) is 39.9 Å². The molecule has 124 valence electrons. The van der Waals surface area contributed by atoms with Crippen LogP contribution in [0.1, 0.15) is 58.2 Å². The van der Waals surface area contributed by atoms with Crippen molar-refractivity contribution >= 4 is 5.96 Å². The number of guanidine groups is 1. The van der Waals surface area contributed by atoms with Crippen LogP contribution in [0, 0.1) is 0 Å². The van der Waals surface area contributed by atoms with Gasteiger partial charge >= 0.3 is 0 Å². The van der Waals surface area contributed by atoms with E-state index in [9.17, 15) is 0 Å². The van der Waals surface area contributed by atoms with E-state index in [1.165, 1.54) is 32.1 Å². The molecule has 6 heteroatoms. The Kier molecular flexibility index (Phi) is 7.19. The molecule has 0 aromatic carbocycles. The average Bonchev–Trinajstić information content (AvgIpc) is 3.01. The summed E-state index contributed by atoms with van der Waals surface area (Å²) in [5, 5.41) is 15.1. The van der Waals surface area contributed by atoms with Crippen molar-refractivity contribution in [1.29, 1.82) is 0 Å². The lowest BCUT2D eigenvalue weighted by Crippen LogP contribution is -2.45. The van der Waals surface area contributed by atoms with Crippen molar-refractivity contribution in [2.45, 2.75) is 71.4 Å². The second-order valence-corrected chi connectivity index (χ2v) is 5.93. The van der Waals surface area contributed by atoms with Crippen molar-refractivity contribution in [2.75, 3.05) is 13.1 Å². The summed E-state index contributed by atoms with van der Waals surface area (Å²) < 4.78 is 2.10. The van der Waals surface area contributed by atoms with Crippen molar-refractivity contribution in [3.05, 3.63) is 12.2 Å². The van der Waals surface area contributed by atoms with Gasteiger partial charge in [0.2, 0.25) is 0 Å². The lowest BCUT2D eigenvalue weighted by molar-refractivity contribution is 0.409. The van der Waals surface area contributed by atoms with Gasteiger partial charge in [0.25, 0.3) is 0 Å². The highest BCUT2D eigenvalue weighted by atomic mass is 15.3. The molecule has 1 aliphatic carbocycles. The Balaban J connectivity index is 1.81. The first-order valence-corrected chi connectivity index (χ1v) is 8.75. The first-order valence-electron chi connectivity index (χ1n) is 8.75. The van der Waals surface area contributed by atoms with Crippen LogP contribution in [0.25, 0.3) is 0 Å². The molecule has 0 aliphatic heterocycles. The average molecular weight is 306 g/mol. The number of aromatic nitrogens is 3. The van der Waals surface area contributed by atoms with Crippen LogP contribution in [0.3, 0.4) is 0 Å². The van der Waals surface area contributed by atoms with E-state index in [2.05, 4.69) is 44.2 Å². The third-order valence-corrected chi connectivity index (χ3v) is 4.10. The van der Waals surface area contributed by atoms with Crippen LogP contribution >= 0.6 is 0 Å². The summed E-state index contributed by atoms with van der Waals surface area (Å²) in [6.07, 6.45) is 10.4. The smallest absolute Gasteiger partial charge is 0.191 e. The predicted molar refractivity (Wildman–Crippen MR) is 90.0 cm³/mol. The molecule has 1 fully saturated rings. The van der Waals surface area contributed by atoms with Gasteiger partial charge in [0, 0.05) is 32.1 Å². The molecular formula is C16H30N6. The number of aryl methyl sites for hydroxylation is 1. The zero-order valence-electron chi connectivity index (χ0n) is 14.0. The van der Waals surface area contributed by atoms with E-state index in [0.717, 1.165) is 44.3 Å². The van der Waals surface area contributed by atoms with Crippen LogP contribution in [0.2, 0.25) is 0 Å². The highest BCUT2D eigenvalue weighted by molar-refractivity contribution is 5.80. The number of nitrogens with one attached hydrogen (secondary N) is 2. The normalized spacial score (nSPS) is 16.7. The summed E-state index contributed by atoms with van der Waals surface area (Å²) in [7, 11) is 0. The van der Waals surface area contributed by atoms with Crippen LogP contribution in [0.5, 0.6) is 0 Å². The van der Waals surface area contributed by atoms with Gasteiger partial charge in [-0.25, -0.2) is 0 Å². The molecule has 2 N–H and O–H groups in total. The molecule has 0 amide bonds. The Morgan fingerprint density at radius 3 is 2.86 bits per heavy atom. The first-order chi connectivity index (χ1) is 10.8. The van der Waals surface area contributed by atoms with Crippen molar-refractivity contribution in [1.82, 2.24) is 25.4 Å². The van der Waals surface area contributed by atoms with Gasteiger partial charge in [-0.1, -0.05) is 33.1 Å². The molecule has 6 nitrogen and oxygen atoms in total. The molecule has 1 heterocycles. The maximum atomic E-state index is 4.65. The fraction of sp³-hybridized carbons (Fsp3) is 0.812. The number of aliphatic imine (C=N–C) groups is 1. The van der Waals surface area contributed by atoms with Gasteiger partial charge in [-0.3, -0.25) is 4.99 Å².